The van der Waals surface area contributed by atoms with Crippen LogP contribution in [0.3, 0.4) is 0 Å². The molecule has 7 nitrogen and oxygen atoms in total. The first-order valence-corrected chi connectivity index (χ1v) is 10.1. The van der Waals surface area contributed by atoms with Crippen LogP contribution in [-0.2, 0) is 24.3 Å². The molecule has 146 valence electrons. The van der Waals surface area contributed by atoms with Crippen LogP contribution in [0.1, 0.15) is 57.6 Å². The first-order chi connectivity index (χ1) is 12.7. The van der Waals surface area contributed by atoms with Crippen molar-refractivity contribution in [2.24, 2.45) is 16.8 Å². The van der Waals surface area contributed by atoms with Crippen LogP contribution in [0.15, 0.2) is 4.99 Å². The third-order valence-corrected chi connectivity index (χ3v) is 5.41. The standard InChI is InChI=1S/C19H34N6O/c1-4-20-19(21-11-15-7-5-6-14(2)10-15)22-16-8-9-18-23-17(13-26-3)24-25(18)12-16/h14-16H,4-13H2,1-3H3,(H2,20,21,22). The molecule has 1 saturated carbocycles. The summed E-state index contributed by atoms with van der Waals surface area (Å²) in [4.78, 5) is 9.43. The molecule has 0 bridgehead atoms. The van der Waals surface area contributed by atoms with Crippen LogP contribution in [0.25, 0.3) is 0 Å². The largest absolute Gasteiger partial charge is 0.377 e. The second-order valence-corrected chi connectivity index (χ2v) is 7.80. The minimum atomic E-state index is 0.336. The highest BCUT2D eigenvalue weighted by Gasteiger charge is 2.23. The molecule has 2 N–H and O–H groups in total. The van der Waals surface area contributed by atoms with Gasteiger partial charge in [-0.05, 0) is 38.0 Å². The topological polar surface area (TPSA) is 76.4 Å². The van der Waals surface area contributed by atoms with Gasteiger partial charge in [-0.3, -0.25) is 4.99 Å². The highest BCUT2D eigenvalue weighted by Crippen LogP contribution is 2.28. The number of fused-ring (bicyclic) bond motifs is 1. The van der Waals surface area contributed by atoms with E-state index in [1.807, 2.05) is 4.68 Å². The molecule has 3 atom stereocenters. The van der Waals surface area contributed by atoms with E-state index in [1.54, 1.807) is 7.11 Å². The summed E-state index contributed by atoms with van der Waals surface area (Å²) in [5.41, 5.74) is 0. The van der Waals surface area contributed by atoms with Gasteiger partial charge in [0.15, 0.2) is 11.8 Å². The van der Waals surface area contributed by atoms with Crippen molar-refractivity contribution in [3.05, 3.63) is 11.6 Å². The molecule has 26 heavy (non-hydrogen) atoms. The van der Waals surface area contributed by atoms with E-state index in [9.17, 15) is 0 Å². The summed E-state index contributed by atoms with van der Waals surface area (Å²) in [6.45, 7) is 7.60. The Kier molecular flexibility index (Phi) is 6.88. The molecular formula is C19H34N6O. The van der Waals surface area contributed by atoms with Crippen LogP contribution in [0.4, 0.5) is 0 Å². The Morgan fingerprint density at radius 3 is 3.00 bits per heavy atom. The first-order valence-electron chi connectivity index (χ1n) is 10.1. The van der Waals surface area contributed by atoms with E-state index in [0.29, 0.717) is 12.6 Å². The van der Waals surface area contributed by atoms with Crippen molar-refractivity contribution in [2.45, 2.75) is 71.6 Å². The summed E-state index contributed by atoms with van der Waals surface area (Å²) in [6, 6.07) is 0.336. The van der Waals surface area contributed by atoms with Crippen molar-refractivity contribution in [1.29, 1.82) is 0 Å². The third kappa shape index (κ3) is 5.19. The van der Waals surface area contributed by atoms with Crippen molar-refractivity contribution in [2.75, 3.05) is 20.2 Å². The molecule has 2 aliphatic rings. The van der Waals surface area contributed by atoms with Gasteiger partial charge in [0.2, 0.25) is 0 Å². The normalized spacial score (nSPS) is 26.4. The molecule has 3 rings (SSSR count). The molecule has 1 aliphatic carbocycles. The Morgan fingerprint density at radius 1 is 1.35 bits per heavy atom. The van der Waals surface area contributed by atoms with E-state index in [2.05, 4.69) is 34.6 Å². The molecule has 1 aromatic rings. The van der Waals surface area contributed by atoms with Crippen LogP contribution < -0.4 is 10.6 Å². The van der Waals surface area contributed by atoms with Crippen molar-refractivity contribution < 1.29 is 4.74 Å². The second kappa shape index (κ2) is 9.35. The lowest BCUT2D eigenvalue weighted by Crippen LogP contribution is -2.47. The molecule has 1 aliphatic heterocycles. The fraction of sp³-hybridized carbons (Fsp3) is 0.842. The average molecular weight is 363 g/mol. The third-order valence-electron chi connectivity index (χ3n) is 5.41. The van der Waals surface area contributed by atoms with Crippen LogP contribution in [0.2, 0.25) is 0 Å². The number of rotatable bonds is 6. The molecule has 7 heteroatoms. The van der Waals surface area contributed by atoms with E-state index in [0.717, 1.165) is 61.9 Å². The summed E-state index contributed by atoms with van der Waals surface area (Å²) in [5.74, 6) is 4.36. The first kappa shape index (κ1) is 19.1. The fourth-order valence-corrected chi connectivity index (χ4v) is 4.13. The number of ether oxygens (including phenoxy) is 1. The van der Waals surface area contributed by atoms with Crippen molar-refractivity contribution in [3.63, 3.8) is 0 Å². The summed E-state index contributed by atoms with van der Waals surface area (Å²) < 4.78 is 7.16. The molecule has 3 unspecified atom stereocenters. The minimum Gasteiger partial charge on any atom is -0.377 e. The Bertz CT molecular complexity index is 599. The van der Waals surface area contributed by atoms with Gasteiger partial charge in [0.25, 0.3) is 0 Å². The number of aromatic nitrogens is 3. The Balaban J connectivity index is 1.56. The van der Waals surface area contributed by atoms with Crippen molar-refractivity contribution >= 4 is 5.96 Å². The number of aliphatic imine (C=N–C) groups is 1. The lowest BCUT2D eigenvalue weighted by atomic mass is 9.82. The van der Waals surface area contributed by atoms with Crippen LogP contribution in [-0.4, -0.2) is 47.0 Å². The maximum Gasteiger partial charge on any atom is 0.191 e. The maximum absolute atomic E-state index is 5.14. The number of aryl methyl sites for hydroxylation is 1. The summed E-state index contributed by atoms with van der Waals surface area (Å²) in [6.07, 6.45) is 7.36. The van der Waals surface area contributed by atoms with E-state index in [1.165, 1.54) is 25.7 Å². The lowest BCUT2D eigenvalue weighted by Gasteiger charge is -2.27. The van der Waals surface area contributed by atoms with Crippen molar-refractivity contribution in [1.82, 2.24) is 25.4 Å². The number of nitrogens with zero attached hydrogens (tertiary/aromatic N) is 4. The number of methoxy groups -OCH3 is 1. The highest BCUT2D eigenvalue weighted by atomic mass is 16.5. The van der Waals surface area contributed by atoms with Crippen molar-refractivity contribution in [3.8, 4) is 0 Å². The molecule has 0 amide bonds. The predicted molar refractivity (Wildman–Crippen MR) is 103 cm³/mol. The lowest BCUT2D eigenvalue weighted by molar-refractivity contribution is 0.177. The SMILES string of the molecule is CCNC(=NCC1CCCC(C)C1)NC1CCc2nc(COC)nn2C1. The summed E-state index contributed by atoms with van der Waals surface area (Å²) >= 11 is 0. The van der Waals surface area contributed by atoms with E-state index < -0.39 is 0 Å². The summed E-state index contributed by atoms with van der Waals surface area (Å²) in [7, 11) is 1.68. The van der Waals surface area contributed by atoms with E-state index in [-0.39, 0.29) is 0 Å². The van der Waals surface area contributed by atoms with Gasteiger partial charge in [0.1, 0.15) is 12.4 Å². The molecule has 1 aromatic heterocycles. The highest BCUT2D eigenvalue weighted by molar-refractivity contribution is 5.80. The Labute approximate surface area is 157 Å². The predicted octanol–water partition coefficient (Wildman–Crippen LogP) is 2.12. The Hall–Kier alpha value is -1.63. The number of hydrogen-bond donors (Lipinski definition) is 2. The number of nitrogens with one attached hydrogen (secondary N) is 2. The van der Waals surface area contributed by atoms with Gasteiger partial charge in [-0.15, -0.1) is 0 Å². The van der Waals surface area contributed by atoms with Gasteiger partial charge in [-0.2, -0.15) is 5.10 Å². The van der Waals surface area contributed by atoms with E-state index >= 15 is 0 Å². The Morgan fingerprint density at radius 2 is 2.23 bits per heavy atom. The molecule has 1 fully saturated rings. The zero-order chi connectivity index (χ0) is 18.4. The van der Waals surface area contributed by atoms with Crippen LogP contribution >= 0.6 is 0 Å². The second-order valence-electron chi connectivity index (χ2n) is 7.80. The molecule has 0 radical (unpaired) electrons. The number of hydrogen-bond acceptors (Lipinski definition) is 4. The van der Waals surface area contributed by atoms with E-state index in [4.69, 9.17) is 9.73 Å². The summed E-state index contributed by atoms with van der Waals surface area (Å²) in [5, 5.41) is 11.6. The molecule has 0 spiro atoms. The molecular weight excluding hydrogens is 328 g/mol. The molecule has 0 saturated heterocycles. The van der Waals surface area contributed by atoms with Crippen LogP contribution in [0.5, 0.6) is 0 Å². The van der Waals surface area contributed by atoms with Gasteiger partial charge in [0.05, 0.1) is 6.54 Å². The minimum absolute atomic E-state index is 0.336. The maximum atomic E-state index is 5.14. The molecule has 0 aromatic carbocycles. The monoisotopic (exact) mass is 362 g/mol. The van der Waals surface area contributed by atoms with Gasteiger partial charge < -0.3 is 15.4 Å². The van der Waals surface area contributed by atoms with Gasteiger partial charge in [-0.25, -0.2) is 9.67 Å². The van der Waals surface area contributed by atoms with Crippen LogP contribution in [0, 0.1) is 11.8 Å². The quantitative estimate of drug-likeness (QED) is 0.599. The average Bonchev–Trinajstić information content (AvgIpc) is 3.02. The number of guanidine groups is 1. The van der Waals surface area contributed by atoms with Gasteiger partial charge >= 0.3 is 0 Å². The smallest absolute Gasteiger partial charge is 0.191 e. The van der Waals surface area contributed by atoms with Gasteiger partial charge in [0, 0.05) is 32.7 Å². The zero-order valence-electron chi connectivity index (χ0n) is 16.5. The molecule has 2 heterocycles. The fourth-order valence-electron chi connectivity index (χ4n) is 4.13. The van der Waals surface area contributed by atoms with Gasteiger partial charge in [-0.1, -0.05) is 19.8 Å². The zero-order valence-corrected chi connectivity index (χ0v) is 16.5.